The van der Waals surface area contributed by atoms with Gasteiger partial charge in [0.15, 0.2) is 11.5 Å². The van der Waals surface area contributed by atoms with Crippen LogP contribution in [-0.2, 0) is 0 Å². The lowest BCUT2D eigenvalue weighted by molar-refractivity contribution is 0.102. The van der Waals surface area contributed by atoms with Gasteiger partial charge in [-0.15, -0.1) is 0 Å². The van der Waals surface area contributed by atoms with Crippen molar-refractivity contribution in [2.75, 3.05) is 37.5 Å². The summed E-state index contributed by atoms with van der Waals surface area (Å²) < 4.78 is 10.5. The van der Waals surface area contributed by atoms with Gasteiger partial charge < -0.3 is 19.7 Å². The minimum atomic E-state index is -0.208. The third-order valence-electron chi connectivity index (χ3n) is 5.38. The van der Waals surface area contributed by atoms with E-state index in [0.29, 0.717) is 22.7 Å². The molecule has 0 unspecified atom stereocenters. The summed E-state index contributed by atoms with van der Waals surface area (Å²) >= 11 is 0. The van der Waals surface area contributed by atoms with Crippen LogP contribution in [-0.4, -0.2) is 43.2 Å². The van der Waals surface area contributed by atoms with Crippen molar-refractivity contribution in [1.29, 1.82) is 0 Å². The third-order valence-corrected chi connectivity index (χ3v) is 5.38. The number of nitrogens with zero attached hydrogens (tertiary/aromatic N) is 3. The molecule has 2 heterocycles. The Bertz CT molecular complexity index is 1050. The molecule has 1 aliphatic rings. The van der Waals surface area contributed by atoms with Crippen LogP contribution in [0.1, 0.15) is 29.6 Å². The zero-order valence-corrected chi connectivity index (χ0v) is 17.8. The van der Waals surface area contributed by atoms with Crippen LogP contribution in [0.15, 0.2) is 54.9 Å². The summed E-state index contributed by atoms with van der Waals surface area (Å²) in [5.41, 5.74) is 2.95. The number of hydrogen-bond acceptors (Lipinski definition) is 6. The number of benzene rings is 2. The topological polar surface area (TPSA) is 76.6 Å². The molecule has 0 radical (unpaired) electrons. The zero-order valence-electron chi connectivity index (χ0n) is 17.8. The summed E-state index contributed by atoms with van der Waals surface area (Å²) in [5.74, 6) is 1.72. The van der Waals surface area contributed by atoms with Crippen molar-refractivity contribution in [3.05, 3.63) is 60.4 Å². The lowest BCUT2D eigenvalue weighted by Gasteiger charge is -2.26. The van der Waals surface area contributed by atoms with Crippen molar-refractivity contribution < 1.29 is 14.3 Å². The second kappa shape index (κ2) is 9.47. The van der Waals surface area contributed by atoms with E-state index >= 15 is 0 Å². The van der Waals surface area contributed by atoms with Crippen LogP contribution >= 0.6 is 0 Å². The molecule has 7 heteroatoms. The fraction of sp³-hybridized carbons (Fsp3) is 0.292. The molecule has 2 aromatic carbocycles. The smallest absolute Gasteiger partial charge is 0.255 e. The molecule has 1 N–H and O–H groups in total. The van der Waals surface area contributed by atoms with Gasteiger partial charge >= 0.3 is 0 Å². The van der Waals surface area contributed by atoms with Crippen LogP contribution in [0.5, 0.6) is 11.5 Å². The van der Waals surface area contributed by atoms with Crippen LogP contribution in [0.4, 0.5) is 11.6 Å². The van der Waals surface area contributed by atoms with E-state index in [0.717, 1.165) is 30.2 Å². The van der Waals surface area contributed by atoms with Crippen molar-refractivity contribution in [1.82, 2.24) is 9.97 Å². The number of methoxy groups -OCH3 is 2. The molecule has 0 aliphatic carbocycles. The molecule has 0 saturated carbocycles. The summed E-state index contributed by atoms with van der Waals surface area (Å²) in [6.45, 7) is 2.01. The van der Waals surface area contributed by atoms with Gasteiger partial charge in [-0.25, -0.2) is 9.97 Å². The van der Waals surface area contributed by atoms with E-state index in [4.69, 9.17) is 9.47 Å². The SMILES string of the molecule is COc1ccc(NC(=O)c2cccc(-c3cnc(N4CCCCC4)nc3)c2)cc1OC. The van der Waals surface area contributed by atoms with Gasteiger partial charge in [0.25, 0.3) is 5.91 Å². The quantitative estimate of drug-likeness (QED) is 0.639. The Labute approximate surface area is 182 Å². The molecular formula is C24H26N4O3. The average molecular weight is 418 g/mol. The highest BCUT2D eigenvalue weighted by atomic mass is 16.5. The fourth-order valence-corrected chi connectivity index (χ4v) is 3.68. The third kappa shape index (κ3) is 4.77. The normalized spacial score (nSPS) is 13.5. The summed E-state index contributed by atoms with van der Waals surface area (Å²) in [5, 5.41) is 2.90. The van der Waals surface area contributed by atoms with Crippen LogP contribution in [0.25, 0.3) is 11.1 Å². The van der Waals surface area contributed by atoms with E-state index < -0.39 is 0 Å². The van der Waals surface area contributed by atoms with Crippen molar-refractivity contribution >= 4 is 17.5 Å². The first-order chi connectivity index (χ1) is 15.2. The Morgan fingerprint density at radius 2 is 1.65 bits per heavy atom. The number of anilines is 2. The number of amides is 1. The largest absolute Gasteiger partial charge is 0.493 e. The van der Waals surface area contributed by atoms with Gasteiger partial charge in [-0.05, 0) is 49.1 Å². The standard InChI is InChI=1S/C24H26N4O3/c1-30-21-10-9-20(14-22(21)31-2)27-23(29)18-8-6-7-17(13-18)19-15-25-24(26-16-19)28-11-4-3-5-12-28/h6-10,13-16H,3-5,11-12H2,1-2H3,(H,27,29). The number of piperidine rings is 1. The Morgan fingerprint density at radius 1 is 0.903 bits per heavy atom. The summed E-state index contributed by atoms with van der Waals surface area (Å²) in [6, 6.07) is 12.7. The van der Waals surface area contributed by atoms with E-state index in [9.17, 15) is 4.79 Å². The summed E-state index contributed by atoms with van der Waals surface area (Å²) in [7, 11) is 3.13. The first kappa shape index (κ1) is 20.7. The molecule has 7 nitrogen and oxygen atoms in total. The van der Waals surface area contributed by atoms with Gasteiger partial charge in [0.2, 0.25) is 5.95 Å². The monoisotopic (exact) mass is 418 g/mol. The summed E-state index contributed by atoms with van der Waals surface area (Å²) in [6.07, 6.45) is 7.28. The molecule has 0 spiro atoms. The van der Waals surface area contributed by atoms with Gasteiger partial charge in [0.05, 0.1) is 14.2 Å². The summed E-state index contributed by atoms with van der Waals surface area (Å²) in [4.78, 5) is 24.1. The maximum atomic E-state index is 12.8. The molecule has 0 bridgehead atoms. The fourth-order valence-electron chi connectivity index (χ4n) is 3.68. The molecule has 1 aliphatic heterocycles. The van der Waals surface area contributed by atoms with Gasteiger partial charge in [0.1, 0.15) is 0 Å². The Balaban J connectivity index is 1.49. The first-order valence-corrected chi connectivity index (χ1v) is 10.4. The molecule has 3 aromatic rings. The average Bonchev–Trinajstić information content (AvgIpc) is 2.84. The predicted octanol–water partition coefficient (Wildman–Crippen LogP) is 4.40. The Kier molecular flexibility index (Phi) is 6.31. The number of aromatic nitrogens is 2. The number of nitrogens with one attached hydrogen (secondary N) is 1. The highest BCUT2D eigenvalue weighted by Gasteiger charge is 2.14. The number of hydrogen-bond donors (Lipinski definition) is 1. The zero-order chi connectivity index (χ0) is 21.6. The van der Waals surface area contributed by atoms with E-state index in [-0.39, 0.29) is 5.91 Å². The van der Waals surface area contributed by atoms with Crippen molar-refractivity contribution in [2.24, 2.45) is 0 Å². The van der Waals surface area contributed by atoms with Crippen molar-refractivity contribution in [2.45, 2.75) is 19.3 Å². The maximum Gasteiger partial charge on any atom is 0.255 e. The molecule has 1 aromatic heterocycles. The number of ether oxygens (including phenoxy) is 2. The highest BCUT2D eigenvalue weighted by Crippen LogP contribution is 2.30. The second-order valence-corrected chi connectivity index (χ2v) is 7.42. The maximum absolute atomic E-state index is 12.8. The van der Waals surface area contributed by atoms with Crippen LogP contribution in [0, 0.1) is 0 Å². The molecule has 1 saturated heterocycles. The Morgan fingerprint density at radius 3 is 2.35 bits per heavy atom. The Hall–Kier alpha value is -3.61. The van der Waals surface area contributed by atoms with E-state index in [2.05, 4.69) is 20.2 Å². The van der Waals surface area contributed by atoms with Crippen LogP contribution in [0.2, 0.25) is 0 Å². The van der Waals surface area contributed by atoms with E-state index in [1.54, 1.807) is 38.5 Å². The van der Waals surface area contributed by atoms with Gasteiger partial charge in [0, 0.05) is 48.4 Å². The number of rotatable bonds is 6. The molecule has 4 rings (SSSR count). The van der Waals surface area contributed by atoms with Crippen LogP contribution in [0.3, 0.4) is 0 Å². The molecule has 1 fully saturated rings. The van der Waals surface area contributed by atoms with Crippen molar-refractivity contribution in [3.8, 4) is 22.6 Å². The molecule has 1 amide bonds. The van der Waals surface area contributed by atoms with Gasteiger partial charge in [-0.1, -0.05) is 12.1 Å². The highest BCUT2D eigenvalue weighted by molar-refractivity contribution is 6.05. The van der Waals surface area contributed by atoms with Crippen molar-refractivity contribution in [3.63, 3.8) is 0 Å². The molecule has 160 valence electrons. The number of carbonyl (C=O) groups is 1. The lowest BCUT2D eigenvalue weighted by atomic mass is 10.1. The van der Waals surface area contributed by atoms with Gasteiger partial charge in [-0.3, -0.25) is 4.79 Å². The van der Waals surface area contributed by atoms with Crippen LogP contribution < -0.4 is 19.7 Å². The van der Waals surface area contributed by atoms with E-state index in [1.807, 2.05) is 30.6 Å². The molecular weight excluding hydrogens is 392 g/mol. The molecule has 0 atom stereocenters. The second-order valence-electron chi connectivity index (χ2n) is 7.42. The first-order valence-electron chi connectivity index (χ1n) is 10.4. The lowest BCUT2D eigenvalue weighted by Crippen LogP contribution is -2.30. The molecule has 31 heavy (non-hydrogen) atoms. The van der Waals surface area contributed by atoms with Gasteiger partial charge in [-0.2, -0.15) is 0 Å². The predicted molar refractivity (Wildman–Crippen MR) is 121 cm³/mol. The van der Waals surface area contributed by atoms with E-state index in [1.165, 1.54) is 19.3 Å². The minimum Gasteiger partial charge on any atom is -0.493 e. The number of carbonyl (C=O) groups excluding carboxylic acids is 1. The minimum absolute atomic E-state index is 0.208.